The normalized spacial score (nSPS) is 11.7. The molecule has 23 heavy (non-hydrogen) atoms. The summed E-state index contributed by atoms with van der Waals surface area (Å²) in [6, 6.07) is 7.34. The number of anilines is 1. The van der Waals surface area contributed by atoms with Gasteiger partial charge in [-0.05, 0) is 18.2 Å². The SMILES string of the molecule is Cn1nccc1CN=C(N)Nc1ccccc1OC(F)(F)F.I. The third-order valence-corrected chi connectivity index (χ3v) is 2.71. The van der Waals surface area contributed by atoms with Crippen LogP contribution in [0.3, 0.4) is 0 Å². The molecule has 0 aliphatic carbocycles. The lowest BCUT2D eigenvalue weighted by Crippen LogP contribution is -2.24. The largest absolute Gasteiger partial charge is 0.573 e. The average molecular weight is 441 g/mol. The summed E-state index contributed by atoms with van der Waals surface area (Å²) in [5.41, 5.74) is 6.56. The van der Waals surface area contributed by atoms with E-state index in [0.29, 0.717) is 0 Å². The van der Waals surface area contributed by atoms with Crippen LogP contribution < -0.4 is 15.8 Å². The van der Waals surface area contributed by atoms with Crippen molar-refractivity contribution in [2.45, 2.75) is 12.9 Å². The van der Waals surface area contributed by atoms with Crippen LogP contribution in [0.25, 0.3) is 0 Å². The number of ether oxygens (including phenoxy) is 1. The van der Waals surface area contributed by atoms with Gasteiger partial charge in [-0.1, -0.05) is 12.1 Å². The van der Waals surface area contributed by atoms with E-state index in [9.17, 15) is 13.2 Å². The fraction of sp³-hybridized carbons (Fsp3) is 0.231. The third kappa shape index (κ3) is 5.96. The number of benzene rings is 1. The number of halogens is 4. The van der Waals surface area contributed by atoms with Gasteiger partial charge in [-0.3, -0.25) is 4.68 Å². The minimum absolute atomic E-state index is 0. The van der Waals surface area contributed by atoms with Gasteiger partial charge in [0.15, 0.2) is 11.7 Å². The Bertz CT molecular complexity index is 672. The Morgan fingerprint density at radius 2 is 2.04 bits per heavy atom. The Hall–Kier alpha value is -1.98. The Balaban J connectivity index is 0.00000264. The van der Waals surface area contributed by atoms with Crippen molar-refractivity contribution in [3.05, 3.63) is 42.2 Å². The number of guanidine groups is 1. The van der Waals surface area contributed by atoms with Crippen LogP contribution in [0.1, 0.15) is 5.69 Å². The maximum atomic E-state index is 12.3. The van der Waals surface area contributed by atoms with Crippen molar-refractivity contribution < 1.29 is 17.9 Å². The molecule has 0 atom stereocenters. The molecule has 0 amide bonds. The summed E-state index contributed by atoms with van der Waals surface area (Å²) in [6.07, 6.45) is -3.17. The predicted octanol–water partition coefficient (Wildman–Crippen LogP) is 2.86. The lowest BCUT2D eigenvalue weighted by Gasteiger charge is -2.14. The number of nitrogens with zero attached hydrogens (tertiary/aromatic N) is 3. The minimum atomic E-state index is -4.78. The number of hydrogen-bond donors (Lipinski definition) is 2. The minimum Gasteiger partial charge on any atom is -0.404 e. The van der Waals surface area contributed by atoms with E-state index < -0.39 is 6.36 Å². The second-order valence-corrected chi connectivity index (χ2v) is 4.32. The summed E-state index contributed by atoms with van der Waals surface area (Å²) in [4.78, 5) is 4.05. The molecule has 0 aliphatic rings. The number of nitrogens with one attached hydrogen (secondary N) is 1. The van der Waals surface area contributed by atoms with Gasteiger partial charge in [0.1, 0.15) is 0 Å². The molecule has 0 spiro atoms. The van der Waals surface area contributed by atoms with E-state index in [1.807, 2.05) is 0 Å². The van der Waals surface area contributed by atoms with Crippen LogP contribution in [0, 0.1) is 0 Å². The quantitative estimate of drug-likeness (QED) is 0.435. The molecule has 0 unspecified atom stereocenters. The van der Waals surface area contributed by atoms with Crippen molar-refractivity contribution in [1.82, 2.24) is 9.78 Å². The van der Waals surface area contributed by atoms with Gasteiger partial charge in [0.2, 0.25) is 0 Å². The number of para-hydroxylation sites is 2. The molecule has 10 heteroatoms. The predicted molar refractivity (Wildman–Crippen MR) is 90.7 cm³/mol. The highest BCUT2D eigenvalue weighted by atomic mass is 127. The van der Waals surface area contributed by atoms with Gasteiger partial charge in [0.05, 0.1) is 17.9 Å². The third-order valence-electron chi connectivity index (χ3n) is 2.71. The van der Waals surface area contributed by atoms with Gasteiger partial charge in [-0.25, -0.2) is 4.99 Å². The van der Waals surface area contributed by atoms with Crippen LogP contribution in [0.5, 0.6) is 5.75 Å². The molecule has 1 heterocycles. The zero-order chi connectivity index (χ0) is 16.2. The molecule has 0 bridgehead atoms. The number of aromatic nitrogens is 2. The van der Waals surface area contributed by atoms with Crippen molar-refractivity contribution in [3.8, 4) is 5.75 Å². The Kier molecular flexibility index (Phi) is 6.66. The van der Waals surface area contributed by atoms with Gasteiger partial charge in [0, 0.05) is 13.2 Å². The molecule has 2 aromatic rings. The van der Waals surface area contributed by atoms with E-state index in [2.05, 4.69) is 20.1 Å². The summed E-state index contributed by atoms with van der Waals surface area (Å²) in [7, 11) is 1.75. The Labute approximate surface area is 147 Å². The summed E-state index contributed by atoms with van der Waals surface area (Å²) in [5.74, 6) is -0.409. The van der Waals surface area contributed by atoms with Crippen LogP contribution >= 0.6 is 24.0 Å². The summed E-state index contributed by atoms with van der Waals surface area (Å²) >= 11 is 0. The van der Waals surface area contributed by atoms with Crippen molar-refractivity contribution in [2.75, 3.05) is 5.32 Å². The maximum Gasteiger partial charge on any atom is 0.573 e. The second kappa shape index (κ2) is 8.04. The average Bonchev–Trinajstić information content (AvgIpc) is 2.83. The molecule has 0 aliphatic heterocycles. The van der Waals surface area contributed by atoms with E-state index in [1.165, 1.54) is 18.2 Å². The summed E-state index contributed by atoms with van der Waals surface area (Å²) < 4.78 is 42.5. The first-order chi connectivity index (χ1) is 10.3. The first-order valence-corrected chi connectivity index (χ1v) is 6.24. The fourth-order valence-electron chi connectivity index (χ4n) is 1.68. The fourth-order valence-corrected chi connectivity index (χ4v) is 1.68. The van der Waals surface area contributed by atoms with Gasteiger partial charge in [-0.2, -0.15) is 5.10 Å². The molecule has 6 nitrogen and oxygen atoms in total. The van der Waals surface area contributed by atoms with Gasteiger partial charge in [-0.15, -0.1) is 37.1 Å². The Morgan fingerprint density at radius 1 is 1.35 bits per heavy atom. The molecule has 1 aromatic heterocycles. The number of aliphatic imine (C=N–C) groups is 1. The molecular formula is C13H15F3IN5O. The molecule has 0 radical (unpaired) electrons. The van der Waals surface area contributed by atoms with E-state index in [4.69, 9.17) is 5.73 Å². The highest BCUT2D eigenvalue weighted by Crippen LogP contribution is 2.29. The lowest BCUT2D eigenvalue weighted by atomic mass is 10.3. The van der Waals surface area contributed by atoms with Crippen LogP contribution in [0.15, 0.2) is 41.5 Å². The van der Waals surface area contributed by atoms with E-state index in [-0.39, 0.29) is 47.9 Å². The van der Waals surface area contributed by atoms with Crippen molar-refractivity contribution in [3.63, 3.8) is 0 Å². The van der Waals surface area contributed by atoms with Crippen LogP contribution in [-0.2, 0) is 13.6 Å². The highest BCUT2D eigenvalue weighted by molar-refractivity contribution is 14.0. The maximum absolute atomic E-state index is 12.3. The monoisotopic (exact) mass is 441 g/mol. The van der Waals surface area contributed by atoms with E-state index >= 15 is 0 Å². The van der Waals surface area contributed by atoms with Crippen molar-refractivity contribution >= 4 is 35.6 Å². The molecule has 2 rings (SSSR count). The van der Waals surface area contributed by atoms with Gasteiger partial charge in [0.25, 0.3) is 0 Å². The number of nitrogens with two attached hydrogens (primary N) is 1. The van der Waals surface area contributed by atoms with E-state index in [1.54, 1.807) is 30.1 Å². The van der Waals surface area contributed by atoms with Gasteiger partial charge >= 0.3 is 6.36 Å². The summed E-state index contributed by atoms with van der Waals surface area (Å²) in [5, 5.41) is 6.56. The second-order valence-electron chi connectivity index (χ2n) is 4.32. The number of hydrogen-bond acceptors (Lipinski definition) is 3. The smallest absolute Gasteiger partial charge is 0.404 e. The highest BCUT2D eigenvalue weighted by Gasteiger charge is 2.32. The molecular weight excluding hydrogens is 426 g/mol. The zero-order valence-corrected chi connectivity index (χ0v) is 14.4. The zero-order valence-electron chi connectivity index (χ0n) is 12.0. The number of rotatable bonds is 4. The summed E-state index contributed by atoms with van der Waals surface area (Å²) in [6.45, 7) is 0.248. The van der Waals surface area contributed by atoms with Crippen molar-refractivity contribution in [1.29, 1.82) is 0 Å². The molecule has 3 N–H and O–H groups in total. The molecule has 0 saturated carbocycles. The molecule has 1 aromatic carbocycles. The van der Waals surface area contributed by atoms with Crippen LogP contribution in [0.2, 0.25) is 0 Å². The van der Waals surface area contributed by atoms with Crippen molar-refractivity contribution in [2.24, 2.45) is 17.8 Å². The van der Waals surface area contributed by atoms with Crippen LogP contribution in [-0.4, -0.2) is 22.1 Å². The topological polar surface area (TPSA) is 77.5 Å². The molecule has 0 fully saturated rings. The Morgan fingerprint density at radius 3 is 2.65 bits per heavy atom. The first kappa shape index (κ1) is 19.1. The number of aryl methyl sites for hydroxylation is 1. The van der Waals surface area contributed by atoms with Crippen LogP contribution in [0.4, 0.5) is 18.9 Å². The lowest BCUT2D eigenvalue weighted by molar-refractivity contribution is -0.274. The molecule has 0 saturated heterocycles. The van der Waals surface area contributed by atoms with Gasteiger partial charge < -0.3 is 15.8 Å². The number of alkyl halides is 3. The standard InChI is InChI=1S/C13H14F3N5O.HI/c1-21-9(6-7-19-21)8-18-12(17)20-10-4-2-3-5-11(10)22-13(14,15)16;/h2-7H,8H2,1H3,(H3,17,18,20);1H. The first-order valence-electron chi connectivity index (χ1n) is 6.24. The van der Waals surface area contributed by atoms with E-state index in [0.717, 1.165) is 5.69 Å². The molecule has 126 valence electrons.